The van der Waals surface area contributed by atoms with Gasteiger partial charge in [-0.25, -0.2) is 9.97 Å². The number of hydrogen-bond acceptors (Lipinski definition) is 7. The molecular weight excluding hydrogens is 406 g/mol. The number of hydrogen-bond donors (Lipinski definition) is 1. The average molecular weight is 428 g/mol. The molecule has 1 saturated carbocycles. The number of ether oxygens (including phenoxy) is 4. The SMILES string of the molecule is COc1cc2c(NCc3ccc4c(c3)OCO4)nc(Cl)nc2cc1OC1CCCC1. The normalized spacial score (nSPS) is 15.5. The van der Waals surface area contributed by atoms with Crippen molar-refractivity contribution < 1.29 is 18.9 Å². The Morgan fingerprint density at radius 3 is 2.73 bits per heavy atom. The number of fused-ring (bicyclic) bond motifs is 2. The highest BCUT2D eigenvalue weighted by molar-refractivity contribution is 6.28. The fraction of sp³-hybridized carbons (Fsp3) is 0.364. The third kappa shape index (κ3) is 3.77. The minimum absolute atomic E-state index is 0.174. The van der Waals surface area contributed by atoms with E-state index in [4.69, 9.17) is 30.5 Å². The van der Waals surface area contributed by atoms with Crippen molar-refractivity contribution in [3.63, 3.8) is 0 Å². The van der Waals surface area contributed by atoms with Gasteiger partial charge in [0.25, 0.3) is 0 Å². The molecule has 1 aliphatic carbocycles. The zero-order valence-corrected chi connectivity index (χ0v) is 17.4. The Kier molecular flexibility index (Phi) is 5.12. The second-order valence-electron chi connectivity index (χ2n) is 7.43. The van der Waals surface area contributed by atoms with E-state index in [1.54, 1.807) is 7.11 Å². The van der Waals surface area contributed by atoms with E-state index in [-0.39, 0.29) is 18.2 Å². The molecule has 0 saturated heterocycles. The first-order valence-electron chi connectivity index (χ1n) is 10.0. The molecule has 1 fully saturated rings. The van der Waals surface area contributed by atoms with Gasteiger partial charge in [0.1, 0.15) is 5.82 Å². The van der Waals surface area contributed by atoms with E-state index in [1.165, 1.54) is 12.8 Å². The minimum Gasteiger partial charge on any atom is -0.493 e. The van der Waals surface area contributed by atoms with Crippen molar-refractivity contribution in [2.75, 3.05) is 19.2 Å². The summed E-state index contributed by atoms with van der Waals surface area (Å²) in [6, 6.07) is 9.62. The molecule has 1 N–H and O–H groups in total. The molecule has 1 aliphatic heterocycles. The Morgan fingerprint density at radius 1 is 1.07 bits per heavy atom. The van der Waals surface area contributed by atoms with Crippen LogP contribution in [0.2, 0.25) is 5.28 Å². The number of anilines is 1. The summed E-state index contributed by atoms with van der Waals surface area (Å²) < 4.78 is 22.6. The third-order valence-corrected chi connectivity index (χ3v) is 5.62. The van der Waals surface area contributed by atoms with Gasteiger partial charge in [-0.05, 0) is 61.0 Å². The van der Waals surface area contributed by atoms with Crippen LogP contribution in [-0.2, 0) is 6.54 Å². The molecule has 0 unspecified atom stereocenters. The Balaban J connectivity index is 1.44. The van der Waals surface area contributed by atoms with Crippen LogP contribution in [0.3, 0.4) is 0 Å². The van der Waals surface area contributed by atoms with Gasteiger partial charge < -0.3 is 24.3 Å². The number of nitrogens with one attached hydrogen (secondary N) is 1. The van der Waals surface area contributed by atoms with Gasteiger partial charge in [-0.2, -0.15) is 0 Å². The van der Waals surface area contributed by atoms with Crippen molar-refractivity contribution >= 4 is 28.3 Å². The number of methoxy groups -OCH3 is 1. The van der Waals surface area contributed by atoms with Gasteiger partial charge in [0.05, 0.1) is 18.7 Å². The van der Waals surface area contributed by atoms with Gasteiger partial charge in [0.15, 0.2) is 23.0 Å². The smallest absolute Gasteiger partial charge is 0.231 e. The Hall–Kier alpha value is -2.93. The predicted octanol–water partition coefficient (Wildman–Crippen LogP) is 4.95. The van der Waals surface area contributed by atoms with E-state index in [0.717, 1.165) is 35.3 Å². The maximum Gasteiger partial charge on any atom is 0.231 e. The lowest BCUT2D eigenvalue weighted by atomic mass is 10.1. The molecule has 156 valence electrons. The Morgan fingerprint density at radius 2 is 1.90 bits per heavy atom. The largest absolute Gasteiger partial charge is 0.493 e. The quantitative estimate of drug-likeness (QED) is 0.557. The van der Waals surface area contributed by atoms with Gasteiger partial charge in [-0.1, -0.05) is 6.07 Å². The van der Waals surface area contributed by atoms with Crippen LogP contribution in [0.4, 0.5) is 5.82 Å². The maximum absolute atomic E-state index is 6.21. The van der Waals surface area contributed by atoms with E-state index in [9.17, 15) is 0 Å². The van der Waals surface area contributed by atoms with Gasteiger partial charge >= 0.3 is 0 Å². The average Bonchev–Trinajstić information content (AvgIpc) is 3.42. The summed E-state index contributed by atoms with van der Waals surface area (Å²) in [5, 5.41) is 4.34. The molecule has 0 spiro atoms. The zero-order valence-electron chi connectivity index (χ0n) is 16.6. The molecule has 2 aliphatic rings. The highest BCUT2D eigenvalue weighted by atomic mass is 35.5. The van der Waals surface area contributed by atoms with Crippen LogP contribution >= 0.6 is 11.6 Å². The van der Waals surface area contributed by atoms with Crippen LogP contribution in [-0.4, -0.2) is 30.0 Å². The lowest BCUT2D eigenvalue weighted by Crippen LogP contribution is -2.12. The van der Waals surface area contributed by atoms with E-state index < -0.39 is 0 Å². The van der Waals surface area contributed by atoms with Crippen molar-refractivity contribution in [3.8, 4) is 23.0 Å². The summed E-state index contributed by atoms with van der Waals surface area (Å²) in [6.07, 6.45) is 4.74. The molecule has 5 rings (SSSR count). The van der Waals surface area contributed by atoms with Crippen LogP contribution in [0.5, 0.6) is 23.0 Å². The molecule has 2 aromatic carbocycles. The first kappa shape index (κ1) is 19.1. The summed E-state index contributed by atoms with van der Waals surface area (Å²) in [7, 11) is 1.64. The monoisotopic (exact) mass is 427 g/mol. The van der Waals surface area contributed by atoms with Crippen LogP contribution in [0.1, 0.15) is 31.2 Å². The number of benzene rings is 2. The van der Waals surface area contributed by atoms with Crippen LogP contribution in [0.15, 0.2) is 30.3 Å². The summed E-state index contributed by atoms with van der Waals surface area (Å²) in [4.78, 5) is 8.78. The summed E-state index contributed by atoms with van der Waals surface area (Å²) >= 11 is 6.21. The molecule has 0 bridgehead atoms. The fourth-order valence-corrected chi connectivity index (χ4v) is 4.09. The van der Waals surface area contributed by atoms with Gasteiger partial charge in [0, 0.05) is 18.0 Å². The van der Waals surface area contributed by atoms with Gasteiger partial charge in [-0.3, -0.25) is 0 Å². The number of halogens is 1. The molecule has 1 aromatic heterocycles. The number of aromatic nitrogens is 2. The summed E-state index contributed by atoms with van der Waals surface area (Å²) in [5.74, 6) is 3.48. The standard InChI is InChI=1S/C22H22ClN3O4/c1-27-18-9-15-16(10-20(18)30-14-4-2-3-5-14)25-22(23)26-21(15)24-11-13-6-7-17-19(8-13)29-12-28-17/h6-10,14H,2-5,11-12H2,1H3,(H,24,25,26). The molecule has 7 nitrogen and oxygen atoms in total. The highest BCUT2D eigenvalue weighted by Crippen LogP contribution is 2.37. The van der Waals surface area contributed by atoms with Gasteiger partial charge in [0.2, 0.25) is 12.1 Å². The fourth-order valence-electron chi connectivity index (χ4n) is 3.92. The zero-order chi connectivity index (χ0) is 20.5. The van der Waals surface area contributed by atoms with Crippen LogP contribution in [0.25, 0.3) is 10.9 Å². The predicted molar refractivity (Wildman–Crippen MR) is 114 cm³/mol. The van der Waals surface area contributed by atoms with E-state index in [2.05, 4.69) is 15.3 Å². The molecule has 8 heteroatoms. The van der Waals surface area contributed by atoms with Crippen molar-refractivity contribution in [2.45, 2.75) is 38.3 Å². The number of rotatable bonds is 6. The summed E-state index contributed by atoms with van der Waals surface area (Å²) in [5.41, 5.74) is 1.74. The molecule has 0 amide bonds. The van der Waals surface area contributed by atoms with E-state index >= 15 is 0 Å². The molecule has 0 radical (unpaired) electrons. The van der Waals surface area contributed by atoms with Crippen molar-refractivity contribution in [1.29, 1.82) is 0 Å². The topological polar surface area (TPSA) is 74.7 Å². The lowest BCUT2D eigenvalue weighted by molar-refractivity contribution is 0.174. The lowest BCUT2D eigenvalue weighted by Gasteiger charge is -2.17. The highest BCUT2D eigenvalue weighted by Gasteiger charge is 2.20. The van der Waals surface area contributed by atoms with E-state index in [0.29, 0.717) is 29.4 Å². The molecule has 2 heterocycles. The molecule has 30 heavy (non-hydrogen) atoms. The first-order valence-corrected chi connectivity index (χ1v) is 10.4. The maximum atomic E-state index is 6.21. The van der Waals surface area contributed by atoms with E-state index in [1.807, 2.05) is 30.3 Å². The minimum atomic E-state index is 0.174. The first-order chi connectivity index (χ1) is 14.7. The van der Waals surface area contributed by atoms with Crippen molar-refractivity contribution in [1.82, 2.24) is 9.97 Å². The molecule has 3 aromatic rings. The number of nitrogens with zero attached hydrogens (tertiary/aromatic N) is 2. The summed E-state index contributed by atoms with van der Waals surface area (Å²) in [6.45, 7) is 0.797. The van der Waals surface area contributed by atoms with Crippen molar-refractivity contribution in [3.05, 3.63) is 41.2 Å². The van der Waals surface area contributed by atoms with Gasteiger partial charge in [-0.15, -0.1) is 0 Å². The van der Waals surface area contributed by atoms with Crippen molar-refractivity contribution in [2.24, 2.45) is 0 Å². The Bertz CT molecular complexity index is 1090. The second-order valence-corrected chi connectivity index (χ2v) is 7.77. The Labute approximate surface area is 179 Å². The van der Waals surface area contributed by atoms with Crippen LogP contribution in [0, 0.1) is 0 Å². The molecular formula is C22H22ClN3O4. The van der Waals surface area contributed by atoms with Crippen LogP contribution < -0.4 is 24.3 Å². The molecule has 0 atom stereocenters. The third-order valence-electron chi connectivity index (χ3n) is 5.45. The second kappa shape index (κ2) is 8.07.